The smallest absolute Gasteiger partial charge is 0.294 e. The Morgan fingerprint density at radius 1 is 1.11 bits per heavy atom. The highest BCUT2D eigenvalue weighted by Crippen LogP contribution is 2.47. The maximum Gasteiger partial charge on any atom is 0.459 e. The Labute approximate surface area is 96.1 Å². The van der Waals surface area contributed by atoms with Gasteiger partial charge in [0, 0.05) is 12.5 Å². The third-order valence-electron chi connectivity index (χ3n) is 1.62. The fraction of sp³-hybridized carbons (Fsp3) is 0.625. The molecule has 0 aromatic rings. The molecule has 18 heavy (non-hydrogen) atoms. The zero-order chi connectivity index (χ0) is 14.6. The van der Waals surface area contributed by atoms with Crippen molar-refractivity contribution in [1.29, 1.82) is 0 Å². The van der Waals surface area contributed by atoms with E-state index < -0.39 is 37.0 Å². The number of hydrogen-bond acceptors (Lipinski definition) is 3. The van der Waals surface area contributed by atoms with E-state index in [2.05, 4.69) is 16.4 Å². The zero-order valence-corrected chi connectivity index (χ0v) is 8.57. The van der Waals surface area contributed by atoms with Crippen molar-refractivity contribution in [2.75, 3.05) is 6.61 Å². The Morgan fingerprint density at radius 3 is 2.00 bits per heavy atom. The van der Waals surface area contributed by atoms with Gasteiger partial charge in [-0.15, -0.1) is 0 Å². The fourth-order valence-electron chi connectivity index (χ4n) is 0.668. The van der Waals surface area contributed by atoms with Crippen molar-refractivity contribution >= 4 is 5.97 Å². The standard InChI is InChI=1S/C8H7F7O3/c1-2-5(16)18-17-4-3-6(9,10)7(11,12)8(13,14)15/h2H,1,3-4H2. The van der Waals surface area contributed by atoms with Gasteiger partial charge in [0.2, 0.25) is 0 Å². The molecule has 0 aliphatic rings. The van der Waals surface area contributed by atoms with E-state index in [4.69, 9.17) is 0 Å². The molecule has 0 radical (unpaired) electrons. The van der Waals surface area contributed by atoms with Crippen LogP contribution in [-0.2, 0) is 14.6 Å². The minimum atomic E-state index is -6.39. The van der Waals surface area contributed by atoms with E-state index in [1.165, 1.54) is 0 Å². The lowest BCUT2D eigenvalue weighted by atomic mass is 10.1. The highest BCUT2D eigenvalue weighted by molar-refractivity contribution is 5.80. The van der Waals surface area contributed by atoms with E-state index in [1.54, 1.807) is 0 Å². The lowest BCUT2D eigenvalue weighted by molar-refractivity contribution is -0.361. The van der Waals surface area contributed by atoms with E-state index in [0.29, 0.717) is 6.08 Å². The van der Waals surface area contributed by atoms with Crippen LogP contribution in [0.3, 0.4) is 0 Å². The van der Waals surface area contributed by atoms with E-state index in [9.17, 15) is 35.5 Å². The van der Waals surface area contributed by atoms with Crippen molar-refractivity contribution in [3.05, 3.63) is 12.7 Å². The van der Waals surface area contributed by atoms with Crippen LogP contribution in [-0.4, -0.2) is 30.6 Å². The normalized spacial score (nSPS) is 13.3. The summed E-state index contributed by atoms with van der Waals surface area (Å²) < 4.78 is 84.8. The van der Waals surface area contributed by atoms with Crippen molar-refractivity contribution in [3.8, 4) is 0 Å². The summed E-state index contributed by atoms with van der Waals surface area (Å²) in [7, 11) is 0. The van der Waals surface area contributed by atoms with E-state index in [-0.39, 0.29) is 0 Å². The first-order valence-electron chi connectivity index (χ1n) is 4.24. The minimum Gasteiger partial charge on any atom is -0.294 e. The number of rotatable bonds is 6. The van der Waals surface area contributed by atoms with Crippen LogP contribution in [0.2, 0.25) is 0 Å². The molecule has 0 amide bonds. The van der Waals surface area contributed by atoms with Crippen LogP contribution in [0.15, 0.2) is 12.7 Å². The Kier molecular flexibility index (Phi) is 5.14. The van der Waals surface area contributed by atoms with Gasteiger partial charge in [-0.05, 0) is 0 Å². The molecule has 0 bridgehead atoms. The van der Waals surface area contributed by atoms with Gasteiger partial charge in [-0.3, -0.25) is 4.89 Å². The maximum atomic E-state index is 12.6. The first kappa shape index (κ1) is 16.7. The second kappa shape index (κ2) is 5.55. The summed E-state index contributed by atoms with van der Waals surface area (Å²) in [6, 6.07) is 0. The maximum absolute atomic E-state index is 12.6. The molecule has 0 unspecified atom stereocenters. The topological polar surface area (TPSA) is 35.5 Å². The van der Waals surface area contributed by atoms with Crippen LogP contribution in [0.5, 0.6) is 0 Å². The summed E-state index contributed by atoms with van der Waals surface area (Å²) in [4.78, 5) is 17.7. The van der Waals surface area contributed by atoms with Crippen molar-refractivity contribution in [2.24, 2.45) is 0 Å². The molecule has 10 heteroatoms. The quantitative estimate of drug-likeness (QED) is 0.247. The highest BCUT2D eigenvalue weighted by atomic mass is 19.4. The van der Waals surface area contributed by atoms with E-state index in [1.807, 2.05) is 0 Å². The largest absolute Gasteiger partial charge is 0.459 e. The molecule has 3 nitrogen and oxygen atoms in total. The summed E-state index contributed by atoms with van der Waals surface area (Å²) in [5, 5.41) is 0. The molecule has 0 saturated carbocycles. The lowest BCUT2D eigenvalue weighted by Crippen LogP contribution is -2.52. The molecule has 106 valence electrons. The first-order valence-corrected chi connectivity index (χ1v) is 4.24. The average molecular weight is 284 g/mol. The van der Waals surface area contributed by atoms with Crippen molar-refractivity contribution < 1.29 is 45.3 Å². The molecule has 0 aromatic heterocycles. The first-order chi connectivity index (χ1) is 7.95. The predicted molar refractivity (Wildman–Crippen MR) is 42.8 cm³/mol. The zero-order valence-electron chi connectivity index (χ0n) is 8.57. The van der Waals surface area contributed by atoms with Crippen LogP contribution in [0, 0.1) is 0 Å². The van der Waals surface area contributed by atoms with Gasteiger partial charge in [0.15, 0.2) is 0 Å². The van der Waals surface area contributed by atoms with Crippen LogP contribution >= 0.6 is 0 Å². The molecule has 0 spiro atoms. The highest BCUT2D eigenvalue weighted by Gasteiger charge is 2.72. The number of carbonyl (C=O) groups excluding carboxylic acids is 1. The molecule has 0 atom stereocenters. The Balaban J connectivity index is 4.40. The number of carbonyl (C=O) groups is 1. The number of halogens is 7. The second-order valence-corrected chi connectivity index (χ2v) is 2.96. The molecule has 0 heterocycles. The molecule has 0 rings (SSSR count). The molecular weight excluding hydrogens is 277 g/mol. The Hall–Kier alpha value is -1.32. The molecule has 0 aromatic carbocycles. The molecule has 0 aliphatic heterocycles. The van der Waals surface area contributed by atoms with Crippen LogP contribution in [0.4, 0.5) is 30.7 Å². The van der Waals surface area contributed by atoms with E-state index >= 15 is 0 Å². The van der Waals surface area contributed by atoms with Crippen LogP contribution in [0.25, 0.3) is 0 Å². The average Bonchev–Trinajstić information content (AvgIpc) is 2.22. The van der Waals surface area contributed by atoms with Gasteiger partial charge in [-0.25, -0.2) is 4.79 Å². The SMILES string of the molecule is C=CC(=O)OOCCC(F)(F)C(F)(F)C(F)(F)F. The molecule has 0 saturated heterocycles. The van der Waals surface area contributed by atoms with Crippen molar-refractivity contribution in [2.45, 2.75) is 24.4 Å². The predicted octanol–water partition coefficient (Wildman–Crippen LogP) is 2.87. The third-order valence-corrected chi connectivity index (χ3v) is 1.62. The summed E-state index contributed by atoms with van der Waals surface area (Å²) in [6.45, 7) is 1.55. The van der Waals surface area contributed by atoms with Gasteiger partial charge in [0.1, 0.15) is 6.61 Å². The van der Waals surface area contributed by atoms with Gasteiger partial charge in [0.05, 0.1) is 0 Å². The molecule has 0 N–H and O–H groups in total. The second-order valence-electron chi connectivity index (χ2n) is 2.96. The van der Waals surface area contributed by atoms with Crippen LogP contribution < -0.4 is 0 Å². The van der Waals surface area contributed by atoms with Gasteiger partial charge in [-0.2, -0.15) is 35.6 Å². The Morgan fingerprint density at radius 2 is 1.61 bits per heavy atom. The summed E-state index contributed by atoms with van der Waals surface area (Å²) in [5.74, 6) is -12.8. The van der Waals surface area contributed by atoms with Gasteiger partial charge in [-0.1, -0.05) is 6.58 Å². The number of hydrogen-bond donors (Lipinski definition) is 0. The van der Waals surface area contributed by atoms with Crippen molar-refractivity contribution in [1.82, 2.24) is 0 Å². The van der Waals surface area contributed by atoms with E-state index in [0.717, 1.165) is 0 Å². The minimum absolute atomic E-state index is 0.572. The summed E-state index contributed by atoms with van der Waals surface area (Å²) in [6.07, 6.45) is -7.80. The summed E-state index contributed by atoms with van der Waals surface area (Å²) in [5.41, 5.74) is 0. The summed E-state index contributed by atoms with van der Waals surface area (Å²) >= 11 is 0. The fourth-order valence-corrected chi connectivity index (χ4v) is 0.668. The molecular formula is C8H7F7O3. The van der Waals surface area contributed by atoms with Gasteiger partial charge in [0.25, 0.3) is 0 Å². The monoisotopic (exact) mass is 284 g/mol. The van der Waals surface area contributed by atoms with Gasteiger partial charge >= 0.3 is 24.0 Å². The number of alkyl halides is 7. The Bertz CT molecular complexity index is 310. The molecule has 0 fully saturated rings. The molecule has 0 aliphatic carbocycles. The lowest BCUT2D eigenvalue weighted by Gasteiger charge is -2.27. The van der Waals surface area contributed by atoms with Crippen molar-refractivity contribution in [3.63, 3.8) is 0 Å². The van der Waals surface area contributed by atoms with Crippen LogP contribution in [0.1, 0.15) is 6.42 Å². The van der Waals surface area contributed by atoms with Gasteiger partial charge < -0.3 is 0 Å². The third kappa shape index (κ3) is 3.86.